The molecule has 1 heterocycles. The van der Waals surface area contributed by atoms with Gasteiger partial charge in [-0.15, -0.1) is 0 Å². The van der Waals surface area contributed by atoms with Crippen LogP contribution < -0.4 is 5.32 Å². The van der Waals surface area contributed by atoms with E-state index in [9.17, 15) is 0 Å². The van der Waals surface area contributed by atoms with Gasteiger partial charge in [-0.05, 0) is 47.1 Å². The maximum Gasteiger partial charge on any atom is 0.0683 e. The Bertz CT molecular complexity index is 244. The second-order valence-corrected chi connectivity index (χ2v) is 5.69. The Hall–Kier alpha value is -0.590. The van der Waals surface area contributed by atoms with Crippen molar-refractivity contribution in [2.75, 3.05) is 19.6 Å². The van der Waals surface area contributed by atoms with E-state index in [-0.39, 0.29) is 5.41 Å². The van der Waals surface area contributed by atoms with Crippen LogP contribution in [0.15, 0.2) is 0 Å². The summed E-state index contributed by atoms with van der Waals surface area (Å²) in [5.74, 6) is 0. The molecule has 0 aliphatic carbocycles. The average molecular weight is 223 g/mol. The van der Waals surface area contributed by atoms with Gasteiger partial charge in [-0.25, -0.2) is 0 Å². The lowest BCUT2D eigenvalue weighted by Crippen LogP contribution is -2.55. The van der Waals surface area contributed by atoms with Gasteiger partial charge in [-0.3, -0.25) is 4.90 Å². The smallest absolute Gasteiger partial charge is 0.0683 e. The molecule has 3 nitrogen and oxygen atoms in total. The second kappa shape index (κ2) is 5.65. The van der Waals surface area contributed by atoms with E-state index >= 15 is 0 Å². The first kappa shape index (κ1) is 13.5. The zero-order valence-electron chi connectivity index (χ0n) is 11.1. The summed E-state index contributed by atoms with van der Waals surface area (Å²) in [5.41, 5.74) is -0.166. The Morgan fingerprint density at radius 2 is 1.88 bits per heavy atom. The topological polar surface area (TPSA) is 39.1 Å². The number of nitrogens with zero attached hydrogens (tertiary/aromatic N) is 2. The highest BCUT2D eigenvalue weighted by atomic mass is 15.2. The minimum Gasteiger partial charge on any atom is -0.314 e. The first-order valence-electron chi connectivity index (χ1n) is 6.34. The van der Waals surface area contributed by atoms with Crippen molar-refractivity contribution < 1.29 is 0 Å². The van der Waals surface area contributed by atoms with E-state index in [1.165, 1.54) is 0 Å². The Labute approximate surface area is 99.8 Å². The van der Waals surface area contributed by atoms with Crippen molar-refractivity contribution >= 4 is 0 Å². The molecule has 1 rings (SSSR count). The van der Waals surface area contributed by atoms with E-state index < -0.39 is 0 Å². The number of piperazine rings is 1. The molecule has 2 atom stereocenters. The molecule has 0 aromatic heterocycles. The van der Waals surface area contributed by atoms with Gasteiger partial charge in [0, 0.05) is 25.2 Å². The average Bonchev–Trinajstić information content (AvgIpc) is 2.22. The van der Waals surface area contributed by atoms with E-state index in [0.29, 0.717) is 12.1 Å². The molecule has 0 aromatic rings. The lowest BCUT2D eigenvalue weighted by atomic mass is 9.89. The van der Waals surface area contributed by atoms with Gasteiger partial charge < -0.3 is 5.32 Å². The van der Waals surface area contributed by atoms with Crippen LogP contribution in [0.1, 0.15) is 40.5 Å². The molecule has 1 N–H and O–H groups in total. The van der Waals surface area contributed by atoms with E-state index in [0.717, 1.165) is 32.5 Å². The molecule has 1 fully saturated rings. The summed E-state index contributed by atoms with van der Waals surface area (Å²) >= 11 is 0. The third-order valence-corrected chi connectivity index (χ3v) is 3.53. The Morgan fingerprint density at radius 1 is 1.31 bits per heavy atom. The second-order valence-electron chi connectivity index (χ2n) is 5.69. The van der Waals surface area contributed by atoms with Crippen molar-refractivity contribution in [2.24, 2.45) is 5.41 Å². The summed E-state index contributed by atoms with van der Waals surface area (Å²) in [6, 6.07) is 3.61. The monoisotopic (exact) mass is 223 g/mol. The molecule has 2 unspecified atom stereocenters. The zero-order chi connectivity index (χ0) is 12.2. The van der Waals surface area contributed by atoms with Gasteiger partial charge in [0.05, 0.1) is 11.5 Å². The van der Waals surface area contributed by atoms with Crippen LogP contribution in [-0.4, -0.2) is 36.6 Å². The molecule has 0 radical (unpaired) electrons. The maximum atomic E-state index is 8.96. The molecular formula is C13H25N3. The van der Waals surface area contributed by atoms with E-state index in [1.54, 1.807) is 0 Å². The fourth-order valence-corrected chi connectivity index (χ4v) is 2.37. The highest BCUT2D eigenvalue weighted by molar-refractivity contribution is 4.92. The molecule has 16 heavy (non-hydrogen) atoms. The minimum absolute atomic E-state index is 0.166. The van der Waals surface area contributed by atoms with Crippen LogP contribution in [0.2, 0.25) is 0 Å². The molecule has 1 aliphatic heterocycles. The number of rotatable bonds is 4. The summed E-state index contributed by atoms with van der Waals surface area (Å²) < 4.78 is 0. The van der Waals surface area contributed by atoms with Crippen LogP contribution in [0, 0.1) is 16.7 Å². The molecule has 3 heteroatoms. The van der Waals surface area contributed by atoms with Crippen LogP contribution in [-0.2, 0) is 0 Å². The Morgan fingerprint density at radius 3 is 2.38 bits per heavy atom. The van der Waals surface area contributed by atoms with Gasteiger partial charge in [0.25, 0.3) is 0 Å². The van der Waals surface area contributed by atoms with Crippen LogP contribution in [0.3, 0.4) is 0 Å². The van der Waals surface area contributed by atoms with Crippen LogP contribution in [0.25, 0.3) is 0 Å². The fraction of sp³-hybridized carbons (Fsp3) is 0.923. The zero-order valence-corrected chi connectivity index (χ0v) is 11.1. The quantitative estimate of drug-likeness (QED) is 0.792. The van der Waals surface area contributed by atoms with Crippen LogP contribution in [0.5, 0.6) is 0 Å². The van der Waals surface area contributed by atoms with Crippen molar-refractivity contribution in [2.45, 2.75) is 52.6 Å². The predicted octanol–water partition coefficient (Wildman–Crippen LogP) is 2.00. The Balaban J connectivity index is 2.34. The SMILES string of the molecule is CC1CNCC(C)N1CCCC(C)(C)C#N. The molecule has 0 amide bonds. The normalized spacial score (nSPS) is 27.7. The van der Waals surface area contributed by atoms with Gasteiger partial charge in [-0.2, -0.15) is 5.26 Å². The summed E-state index contributed by atoms with van der Waals surface area (Å²) in [7, 11) is 0. The molecule has 92 valence electrons. The van der Waals surface area contributed by atoms with Gasteiger partial charge in [0.15, 0.2) is 0 Å². The third kappa shape index (κ3) is 3.77. The number of nitrogens with one attached hydrogen (secondary N) is 1. The molecular weight excluding hydrogens is 198 g/mol. The first-order chi connectivity index (χ1) is 7.46. The summed E-state index contributed by atoms with van der Waals surface area (Å²) in [6.45, 7) is 11.9. The maximum absolute atomic E-state index is 8.96. The van der Waals surface area contributed by atoms with Crippen molar-refractivity contribution in [3.05, 3.63) is 0 Å². The van der Waals surface area contributed by atoms with Crippen LogP contribution in [0.4, 0.5) is 0 Å². The number of hydrogen-bond donors (Lipinski definition) is 1. The molecule has 0 spiro atoms. The van der Waals surface area contributed by atoms with E-state index in [1.807, 2.05) is 13.8 Å². The highest BCUT2D eigenvalue weighted by Crippen LogP contribution is 2.21. The van der Waals surface area contributed by atoms with Crippen molar-refractivity contribution in [1.29, 1.82) is 5.26 Å². The van der Waals surface area contributed by atoms with Gasteiger partial charge in [0.2, 0.25) is 0 Å². The first-order valence-corrected chi connectivity index (χ1v) is 6.34. The lowest BCUT2D eigenvalue weighted by Gasteiger charge is -2.39. The molecule has 0 aromatic carbocycles. The summed E-state index contributed by atoms with van der Waals surface area (Å²) in [6.07, 6.45) is 2.11. The highest BCUT2D eigenvalue weighted by Gasteiger charge is 2.24. The molecule has 0 bridgehead atoms. The van der Waals surface area contributed by atoms with Gasteiger partial charge in [0.1, 0.15) is 0 Å². The molecule has 1 saturated heterocycles. The van der Waals surface area contributed by atoms with E-state index in [4.69, 9.17) is 5.26 Å². The van der Waals surface area contributed by atoms with Crippen molar-refractivity contribution in [3.63, 3.8) is 0 Å². The van der Waals surface area contributed by atoms with Crippen molar-refractivity contribution in [3.8, 4) is 6.07 Å². The third-order valence-electron chi connectivity index (χ3n) is 3.53. The lowest BCUT2D eigenvalue weighted by molar-refractivity contribution is 0.112. The fourth-order valence-electron chi connectivity index (χ4n) is 2.37. The van der Waals surface area contributed by atoms with Gasteiger partial charge in [-0.1, -0.05) is 0 Å². The minimum atomic E-state index is -0.166. The number of nitriles is 1. The Kier molecular flexibility index (Phi) is 4.76. The standard InChI is InChI=1S/C13H25N3/c1-11-8-15-9-12(2)16(11)7-5-6-13(3,4)10-14/h11-12,15H,5-9H2,1-4H3. The van der Waals surface area contributed by atoms with Gasteiger partial charge >= 0.3 is 0 Å². The van der Waals surface area contributed by atoms with Crippen molar-refractivity contribution in [1.82, 2.24) is 10.2 Å². The predicted molar refractivity (Wildman–Crippen MR) is 67.1 cm³/mol. The largest absolute Gasteiger partial charge is 0.314 e. The molecule has 0 saturated carbocycles. The summed E-state index contributed by atoms with van der Waals surface area (Å²) in [4.78, 5) is 2.56. The molecule has 1 aliphatic rings. The number of hydrogen-bond acceptors (Lipinski definition) is 3. The summed E-state index contributed by atoms with van der Waals surface area (Å²) in [5, 5.41) is 12.4. The van der Waals surface area contributed by atoms with E-state index in [2.05, 4.69) is 30.1 Å². The van der Waals surface area contributed by atoms with Crippen LogP contribution >= 0.6 is 0 Å².